The summed E-state index contributed by atoms with van der Waals surface area (Å²) in [5.41, 5.74) is 2.97. The van der Waals surface area contributed by atoms with Crippen LogP contribution in [0.25, 0.3) is 5.69 Å². The summed E-state index contributed by atoms with van der Waals surface area (Å²) in [5, 5.41) is 7.62. The highest BCUT2D eigenvalue weighted by atomic mass is 35.5. The topological polar surface area (TPSA) is 73.2 Å². The van der Waals surface area contributed by atoms with E-state index in [4.69, 9.17) is 16.3 Å². The van der Waals surface area contributed by atoms with Crippen molar-refractivity contribution in [1.29, 1.82) is 0 Å². The van der Waals surface area contributed by atoms with Gasteiger partial charge in [-0.2, -0.15) is 5.10 Å². The molecule has 7 heteroatoms. The SMILES string of the molecule is Cc1nn(-c2ccccc2)c(C)c1C(=O)OCC(=O)Nc1ccc(Cl)cc1. The number of nitrogens with one attached hydrogen (secondary N) is 1. The summed E-state index contributed by atoms with van der Waals surface area (Å²) in [4.78, 5) is 24.4. The molecule has 0 bridgehead atoms. The first-order valence-corrected chi connectivity index (χ1v) is 8.67. The third-order valence-electron chi connectivity index (χ3n) is 3.96. The van der Waals surface area contributed by atoms with E-state index >= 15 is 0 Å². The Morgan fingerprint density at radius 3 is 2.41 bits per heavy atom. The average Bonchev–Trinajstić information content (AvgIpc) is 2.97. The van der Waals surface area contributed by atoms with Gasteiger partial charge in [-0.05, 0) is 50.2 Å². The average molecular weight is 384 g/mol. The highest BCUT2D eigenvalue weighted by Gasteiger charge is 2.21. The number of rotatable bonds is 5. The van der Waals surface area contributed by atoms with Crippen LogP contribution in [0.1, 0.15) is 21.7 Å². The van der Waals surface area contributed by atoms with E-state index in [1.165, 1.54) is 0 Å². The molecule has 138 valence electrons. The van der Waals surface area contributed by atoms with Gasteiger partial charge in [0.1, 0.15) is 5.56 Å². The van der Waals surface area contributed by atoms with Gasteiger partial charge in [0.15, 0.2) is 6.61 Å². The maximum atomic E-state index is 12.5. The molecule has 0 aliphatic carbocycles. The van der Waals surface area contributed by atoms with Crippen LogP contribution in [0.5, 0.6) is 0 Å². The molecule has 2 aromatic carbocycles. The van der Waals surface area contributed by atoms with Crippen molar-refractivity contribution < 1.29 is 14.3 Å². The van der Waals surface area contributed by atoms with Gasteiger partial charge < -0.3 is 10.1 Å². The van der Waals surface area contributed by atoms with Crippen molar-refractivity contribution in [2.75, 3.05) is 11.9 Å². The third-order valence-corrected chi connectivity index (χ3v) is 4.21. The Morgan fingerprint density at radius 2 is 1.74 bits per heavy atom. The number of amides is 1. The fourth-order valence-electron chi connectivity index (χ4n) is 2.69. The maximum absolute atomic E-state index is 12.5. The molecule has 1 heterocycles. The van der Waals surface area contributed by atoms with E-state index in [9.17, 15) is 9.59 Å². The van der Waals surface area contributed by atoms with E-state index < -0.39 is 18.5 Å². The lowest BCUT2D eigenvalue weighted by atomic mass is 10.2. The molecule has 3 aromatic rings. The first-order valence-electron chi connectivity index (χ1n) is 8.30. The fourth-order valence-corrected chi connectivity index (χ4v) is 2.82. The zero-order chi connectivity index (χ0) is 19.4. The summed E-state index contributed by atoms with van der Waals surface area (Å²) < 4.78 is 6.85. The normalized spacial score (nSPS) is 10.5. The minimum absolute atomic E-state index is 0.359. The van der Waals surface area contributed by atoms with Crippen LogP contribution < -0.4 is 5.32 Å². The standard InChI is InChI=1S/C20H18ClN3O3/c1-13-19(14(2)24(23-13)17-6-4-3-5-7-17)20(26)27-12-18(25)22-16-10-8-15(21)9-11-16/h3-11H,12H2,1-2H3,(H,22,25). The number of ether oxygens (including phenoxy) is 1. The molecule has 0 atom stereocenters. The summed E-state index contributed by atoms with van der Waals surface area (Å²) in [6.07, 6.45) is 0. The van der Waals surface area contributed by atoms with E-state index in [0.717, 1.165) is 5.69 Å². The van der Waals surface area contributed by atoms with Gasteiger partial charge in [-0.1, -0.05) is 29.8 Å². The molecular formula is C20H18ClN3O3. The van der Waals surface area contributed by atoms with Gasteiger partial charge in [0.2, 0.25) is 0 Å². The van der Waals surface area contributed by atoms with Crippen molar-refractivity contribution in [2.24, 2.45) is 0 Å². The van der Waals surface area contributed by atoms with Crippen LogP contribution in [-0.4, -0.2) is 28.3 Å². The predicted molar refractivity (Wildman–Crippen MR) is 103 cm³/mol. The second kappa shape index (κ2) is 8.05. The largest absolute Gasteiger partial charge is 0.452 e. The monoisotopic (exact) mass is 383 g/mol. The molecule has 0 unspecified atom stereocenters. The van der Waals surface area contributed by atoms with Gasteiger partial charge in [0.25, 0.3) is 5.91 Å². The second-order valence-corrected chi connectivity index (χ2v) is 6.36. The Kier molecular flexibility index (Phi) is 5.57. The first-order chi connectivity index (χ1) is 13.0. The van der Waals surface area contributed by atoms with E-state index in [1.54, 1.807) is 42.8 Å². The lowest BCUT2D eigenvalue weighted by Crippen LogP contribution is -2.21. The minimum atomic E-state index is -0.585. The van der Waals surface area contributed by atoms with Crippen LogP contribution >= 0.6 is 11.6 Å². The molecule has 1 amide bonds. The number of carbonyl (C=O) groups excluding carboxylic acids is 2. The quantitative estimate of drug-likeness (QED) is 0.677. The summed E-state index contributed by atoms with van der Waals surface area (Å²) in [5.74, 6) is -1.02. The molecule has 0 spiro atoms. The number of anilines is 1. The Bertz CT molecular complexity index is 966. The Balaban J connectivity index is 1.67. The van der Waals surface area contributed by atoms with Crippen LogP contribution in [0.2, 0.25) is 5.02 Å². The zero-order valence-corrected chi connectivity index (χ0v) is 15.7. The van der Waals surface area contributed by atoms with Crippen LogP contribution in [0.4, 0.5) is 5.69 Å². The van der Waals surface area contributed by atoms with Crippen LogP contribution in [0, 0.1) is 13.8 Å². The van der Waals surface area contributed by atoms with Gasteiger partial charge in [-0.25, -0.2) is 9.48 Å². The van der Waals surface area contributed by atoms with Crippen molar-refractivity contribution in [1.82, 2.24) is 9.78 Å². The molecule has 0 saturated heterocycles. The molecule has 6 nitrogen and oxygen atoms in total. The highest BCUT2D eigenvalue weighted by molar-refractivity contribution is 6.30. The molecule has 3 rings (SSSR count). The summed E-state index contributed by atoms with van der Waals surface area (Å²) in [6, 6.07) is 16.1. The fraction of sp³-hybridized carbons (Fsp3) is 0.150. The van der Waals surface area contributed by atoms with Gasteiger partial charge in [0, 0.05) is 10.7 Å². The van der Waals surface area contributed by atoms with Gasteiger partial charge >= 0.3 is 5.97 Å². The summed E-state index contributed by atoms with van der Waals surface area (Å²) in [6.45, 7) is 3.13. The molecule has 1 N–H and O–H groups in total. The Morgan fingerprint density at radius 1 is 1.07 bits per heavy atom. The number of carbonyl (C=O) groups is 2. The van der Waals surface area contributed by atoms with Crippen molar-refractivity contribution in [3.63, 3.8) is 0 Å². The van der Waals surface area contributed by atoms with Gasteiger partial charge in [0.05, 0.1) is 17.1 Å². The molecule has 27 heavy (non-hydrogen) atoms. The predicted octanol–water partition coefficient (Wildman–Crippen LogP) is 3.94. The smallest absolute Gasteiger partial charge is 0.342 e. The van der Waals surface area contributed by atoms with Gasteiger partial charge in [-0.3, -0.25) is 4.79 Å². The number of hydrogen-bond donors (Lipinski definition) is 1. The summed E-state index contributed by atoms with van der Waals surface area (Å²) >= 11 is 5.80. The van der Waals surface area contributed by atoms with Crippen molar-refractivity contribution in [2.45, 2.75) is 13.8 Å². The Labute approximate surface area is 161 Å². The van der Waals surface area contributed by atoms with Crippen LogP contribution in [0.15, 0.2) is 54.6 Å². The molecular weight excluding hydrogens is 366 g/mol. The number of hydrogen-bond acceptors (Lipinski definition) is 4. The number of para-hydroxylation sites is 1. The minimum Gasteiger partial charge on any atom is -0.452 e. The molecule has 0 saturated carbocycles. The number of aromatic nitrogens is 2. The molecule has 0 radical (unpaired) electrons. The number of aryl methyl sites for hydroxylation is 1. The molecule has 1 aromatic heterocycles. The highest BCUT2D eigenvalue weighted by Crippen LogP contribution is 2.19. The lowest BCUT2D eigenvalue weighted by molar-refractivity contribution is -0.119. The zero-order valence-electron chi connectivity index (χ0n) is 14.9. The van der Waals surface area contributed by atoms with E-state index in [-0.39, 0.29) is 0 Å². The lowest BCUT2D eigenvalue weighted by Gasteiger charge is -2.07. The maximum Gasteiger partial charge on any atom is 0.342 e. The molecule has 0 aliphatic rings. The number of benzene rings is 2. The number of nitrogens with zero attached hydrogens (tertiary/aromatic N) is 2. The number of halogens is 1. The Hall–Kier alpha value is -3.12. The molecule has 0 fully saturated rings. The second-order valence-electron chi connectivity index (χ2n) is 5.92. The van der Waals surface area contributed by atoms with Crippen LogP contribution in [0.3, 0.4) is 0 Å². The van der Waals surface area contributed by atoms with E-state index in [1.807, 2.05) is 30.3 Å². The van der Waals surface area contributed by atoms with Crippen molar-refractivity contribution in [3.05, 3.63) is 76.6 Å². The van der Waals surface area contributed by atoms with Gasteiger partial charge in [-0.15, -0.1) is 0 Å². The first kappa shape index (κ1) is 18.7. The van der Waals surface area contributed by atoms with E-state index in [0.29, 0.717) is 27.7 Å². The summed E-state index contributed by atoms with van der Waals surface area (Å²) in [7, 11) is 0. The third kappa shape index (κ3) is 4.35. The van der Waals surface area contributed by atoms with Crippen LogP contribution in [-0.2, 0) is 9.53 Å². The van der Waals surface area contributed by atoms with Crippen molar-refractivity contribution >= 4 is 29.2 Å². The molecule has 0 aliphatic heterocycles. The van der Waals surface area contributed by atoms with E-state index in [2.05, 4.69) is 10.4 Å². The number of esters is 1. The van der Waals surface area contributed by atoms with Crippen molar-refractivity contribution in [3.8, 4) is 5.69 Å².